The van der Waals surface area contributed by atoms with E-state index in [0.29, 0.717) is 12.6 Å². The van der Waals surface area contributed by atoms with E-state index < -0.39 is 0 Å². The topological polar surface area (TPSA) is 68.7 Å². The lowest BCUT2D eigenvalue weighted by atomic mass is 10.1. The maximum Gasteiger partial charge on any atom is 0.148 e. The lowest BCUT2D eigenvalue weighted by Crippen LogP contribution is -2.51. The largest absolute Gasteiger partial charge is 0.497 e. The summed E-state index contributed by atoms with van der Waals surface area (Å²) in [5.74, 6) is 2.29. The van der Waals surface area contributed by atoms with Gasteiger partial charge in [0.2, 0.25) is 0 Å². The number of ether oxygens (including phenoxy) is 3. The van der Waals surface area contributed by atoms with Crippen LogP contribution in [0.25, 0.3) is 0 Å². The Hall–Kier alpha value is -2.38. The fraction of sp³-hybridized carbons (Fsp3) is 0.444. The van der Waals surface area contributed by atoms with E-state index in [1.807, 2.05) is 30.3 Å². The molecule has 1 N–H and O–H groups in total. The monoisotopic (exact) mass is 344 g/mol. The Morgan fingerprint density at radius 3 is 2.56 bits per heavy atom. The number of methoxy groups -OCH3 is 3. The number of rotatable bonds is 8. The Morgan fingerprint density at radius 1 is 1.08 bits per heavy atom. The molecule has 2 heterocycles. The van der Waals surface area contributed by atoms with Crippen LogP contribution in [0, 0.1) is 0 Å². The molecule has 1 fully saturated rings. The van der Waals surface area contributed by atoms with Gasteiger partial charge in [0.15, 0.2) is 0 Å². The van der Waals surface area contributed by atoms with Crippen molar-refractivity contribution in [2.75, 3.05) is 39.7 Å². The van der Waals surface area contributed by atoms with Crippen molar-refractivity contribution < 1.29 is 14.2 Å². The highest BCUT2D eigenvalue weighted by molar-refractivity contribution is 5.43. The smallest absolute Gasteiger partial charge is 0.148 e. The zero-order valence-electron chi connectivity index (χ0n) is 14.9. The van der Waals surface area contributed by atoms with Crippen LogP contribution in [0.5, 0.6) is 11.5 Å². The predicted octanol–water partition coefficient (Wildman–Crippen LogP) is 1.94. The molecule has 0 saturated carbocycles. The van der Waals surface area contributed by atoms with Crippen molar-refractivity contribution in [1.82, 2.24) is 15.1 Å². The predicted molar refractivity (Wildman–Crippen MR) is 95.0 cm³/mol. The SMILES string of the molecule is COc1ccc(CNc2ccc(CN3CC(OC)C3)nn2)c(OC)c1. The molecule has 2 aromatic rings. The van der Waals surface area contributed by atoms with E-state index in [1.54, 1.807) is 21.3 Å². The third kappa shape index (κ3) is 4.37. The van der Waals surface area contributed by atoms with Crippen LogP contribution in [0.2, 0.25) is 0 Å². The highest BCUT2D eigenvalue weighted by Crippen LogP contribution is 2.25. The number of hydrogen-bond donors (Lipinski definition) is 1. The van der Waals surface area contributed by atoms with Crippen LogP contribution < -0.4 is 14.8 Å². The molecular weight excluding hydrogens is 320 g/mol. The van der Waals surface area contributed by atoms with Crippen molar-refractivity contribution in [3.63, 3.8) is 0 Å². The second kappa shape index (κ2) is 8.13. The third-order valence-electron chi connectivity index (χ3n) is 4.32. The zero-order chi connectivity index (χ0) is 17.6. The first-order chi connectivity index (χ1) is 12.2. The summed E-state index contributed by atoms with van der Waals surface area (Å²) in [5.41, 5.74) is 1.99. The van der Waals surface area contributed by atoms with E-state index >= 15 is 0 Å². The summed E-state index contributed by atoms with van der Waals surface area (Å²) >= 11 is 0. The summed E-state index contributed by atoms with van der Waals surface area (Å²) in [7, 11) is 5.04. The van der Waals surface area contributed by atoms with E-state index in [4.69, 9.17) is 14.2 Å². The van der Waals surface area contributed by atoms with Gasteiger partial charge in [-0.15, -0.1) is 5.10 Å². The molecule has 1 aromatic heterocycles. The molecule has 1 saturated heterocycles. The second-order valence-electron chi connectivity index (χ2n) is 5.99. The summed E-state index contributed by atoms with van der Waals surface area (Å²) in [6.45, 7) is 3.31. The minimum absolute atomic E-state index is 0.355. The van der Waals surface area contributed by atoms with Crippen molar-refractivity contribution in [3.05, 3.63) is 41.6 Å². The van der Waals surface area contributed by atoms with E-state index in [9.17, 15) is 0 Å². The van der Waals surface area contributed by atoms with Crippen molar-refractivity contribution in [1.29, 1.82) is 0 Å². The van der Waals surface area contributed by atoms with Crippen LogP contribution in [-0.2, 0) is 17.8 Å². The average Bonchev–Trinajstić information content (AvgIpc) is 2.63. The highest BCUT2D eigenvalue weighted by atomic mass is 16.5. The summed E-state index contributed by atoms with van der Waals surface area (Å²) in [6, 6.07) is 9.70. The molecular formula is C18H24N4O3. The van der Waals surface area contributed by atoms with Crippen LogP contribution in [0.3, 0.4) is 0 Å². The number of anilines is 1. The first-order valence-electron chi connectivity index (χ1n) is 8.24. The molecule has 0 amide bonds. The van der Waals surface area contributed by atoms with Gasteiger partial charge in [0.05, 0.1) is 26.0 Å². The Balaban J connectivity index is 1.53. The van der Waals surface area contributed by atoms with E-state index in [-0.39, 0.29) is 0 Å². The molecule has 7 heteroatoms. The Morgan fingerprint density at radius 2 is 1.92 bits per heavy atom. The van der Waals surface area contributed by atoms with Crippen LogP contribution in [0.15, 0.2) is 30.3 Å². The van der Waals surface area contributed by atoms with Crippen LogP contribution >= 0.6 is 0 Å². The van der Waals surface area contributed by atoms with Gasteiger partial charge in [-0.05, 0) is 24.3 Å². The number of nitrogens with zero attached hydrogens (tertiary/aromatic N) is 3. The fourth-order valence-corrected chi connectivity index (χ4v) is 2.75. The first-order valence-corrected chi connectivity index (χ1v) is 8.24. The Kier molecular flexibility index (Phi) is 5.67. The van der Waals surface area contributed by atoms with Crippen molar-refractivity contribution >= 4 is 5.82 Å². The summed E-state index contributed by atoms with van der Waals surface area (Å²) in [4.78, 5) is 2.29. The van der Waals surface area contributed by atoms with Crippen molar-refractivity contribution in [2.24, 2.45) is 0 Å². The van der Waals surface area contributed by atoms with Gasteiger partial charge in [-0.2, -0.15) is 5.10 Å². The quantitative estimate of drug-likeness (QED) is 0.785. The third-order valence-corrected chi connectivity index (χ3v) is 4.32. The number of nitrogens with one attached hydrogen (secondary N) is 1. The van der Waals surface area contributed by atoms with Crippen LogP contribution in [-0.4, -0.2) is 55.6 Å². The van der Waals surface area contributed by atoms with E-state index in [2.05, 4.69) is 20.4 Å². The molecule has 0 aliphatic carbocycles. The summed E-state index contributed by atoms with van der Waals surface area (Å²) in [5, 5.41) is 11.8. The molecule has 0 atom stereocenters. The maximum atomic E-state index is 5.40. The highest BCUT2D eigenvalue weighted by Gasteiger charge is 2.26. The Labute approximate surface area is 147 Å². The van der Waals surface area contributed by atoms with E-state index in [0.717, 1.165) is 48.2 Å². The normalized spacial score (nSPS) is 14.8. The van der Waals surface area contributed by atoms with E-state index in [1.165, 1.54) is 0 Å². The van der Waals surface area contributed by atoms with Crippen molar-refractivity contribution in [2.45, 2.75) is 19.2 Å². The van der Waals surface area contributed by atoms with Gasteiger partial charge in [0.25, 0.3) is 0 Å². The Bertz CT molecular complexity index is 687. The first kappa shape index (κ1) is 17.4. The minimum Gasteiger partial charge on any atom is -0.497 e. The minimum atomic E-state index is 0.355. The van der Waals surface area contributed by atoms with Crippen LogP contribution in [0.1, 0.15) is 11.3 Å². The van der Waals surface area contributed by atoms with Gasteiger partial charge < -0.3 is 19.5 Å². The lowest BCUT2D eigenvalue weighted by molar-refractivity contribution is -0.0340. The van der Waals surface area contributed by atoms with Crippen molar-refractivity contribution in [3.8, 4) is 11.5 Å². The summed E-state index contributed by atoms with van der Waals surface area (Å²) < 4.78 is 15.9. The number of benzene rings is 1. The number of hydrogen-bond acceptors (Lipinski definition) is 7. The maximum absolute atomic E-state index is 5.40. The zero-order valence-corrected chi connectivity index (χ0v) is 14.9. The van der Waals surface area contributed by atoms with Gasteiger partial charge in [-0.25, -0.2) is 0 Å². The second-order valence-corrected chi connectivity index (χ2v) is 5.99. The molecule has 3 rings (SSSR count). The molecule has 1 aliphatic rings. The molecule has 0 spiro atoms. The standard InChI is InChI=1S/C18H24N4O3/c1-23-15-6-4-13(17(8-15)25-3)9-19-18-7-5-14(20-21-18)10-22-11-16(12-22)24-2/h4-8,16H,9-12H2,1-3H3,(H,19,21). The van der Waals surface area contributed by atoms with Crippen LogP contribution in [0.4, 0.5) is 5.82 Å². The molecule has 1 aromatic carbocycles. The van der Waals surface area contributed by atoms with Gasteiger partial charge >= 0.3 is 0 Å². The molecule has 7 nitrogen and oxygen atoms in total. The molecule has 25 heavy (non-hydrogen) atoms. The molecule has 1 aliphatic heterocycles. The number of likely N-dealkylation sites (tertiary alicyclic amines) is 1. The molecule has 0 bridgehead atoms. The number of aromatic nitrogens is 2. The summed E-state index contributed by atoms with van der Waals surface area (Å²) in [6.07, 6.45) is 0.355. The van der Waals surface area contributed by atoms with Gasteiger partial charge in [0, 0.05) is 44.9 Å². The van der Waals surface area contributed by atoms with Gasteiger partial charge in [0.1, 0.15) is 17.3 Å². The molecule has 0 unspecified atom stereocenters. The fourth-order valence-electron chi connectivity index (χ4n) is 2.75. The molecule has 134 valence electrons. The lowest BCUT2D eigenvalue weighted by Gasteiger charge is -2.37. The average molecular weight is 344 g/mol. The van der Waals surface area contributed by atoms with Gasteiger partial charge in [-0.1, -0.05) is 0 Å². The molecule has 0 radical (unpaired) electrons. The van der Waals surface area contributed by atoms with Gasteiger partial charge in [-0.3, -0.25) is 4.90 Å².